The highest BCUT2D eigenvalue weighted by atomic mass is 16.3. The number of aliphatic hydroxyl groups excluding tert-OH is 3. The minimum Gasteiger partial charge on any atom is -0.508 e. The summed E-state index contributed by atoms with van der Waals surface area (Å²) in [5.41, 5.74) is 2.46. The Bertz CT molecular complexity index is 1940. The van der Waals surface area contributed by atoms with E-state index in [0.29, 0.717) is 48.9 Å². The van der Waals surface area contributed by atoms with Crippen LogP contribution in [0.15, 0.2) is 60.9 Å². The van der Waals surface area contributed by atoms with Crippen LogP contribution in [-0.4, -0.2) is 119 Å². The number of hydrogen-bond acceptors (Lipinski definition) is 12. The zero-order chi connectivity index (χ0) is 36.5. The van der Waals surface area contributed by atoms with Crippen molar-refractivity contribution in [2.24, 2.45) is 0 Å². The minimum absolute atomic E-state index is 0.0580. The van der Waals surface area contributed by atoms with Gasteiger partial charge in [0.05, 0.1) is 31.1 Å². The Labute approximate surface area is 298 Å². The van der Waals surface area contributed by atoms with E-state index in [9.17, 15) is 34.8 Å². The number of nitrogens with one attached hydrogen (secondary N) is 4. The fourth-order valence-corrected chi connectivity index (χ4v) is 7.24. The molecule has 0 radical (unpaired) electrons. The summed E-state index contributed by atoms with van der Waals surface area (Å²) in [6, 6.07) is 12.2. The fourth-order valence-electron chi connectivity index (χ4n) is 7.24. The van der Waals surface area contributed by atoms with Crippen LogP contribution in [0.5, 0.6) is 5.75 Å². The van der Waals surface area contributed by atoms with Gasteiger partial charge in [0.1, 0.15) is 24.0 Å². The zero-order valence-electron chi connectivity index (χ0n) is 28.5. The molecule has 274 valence electrons. The van der Waals surface area contributed by atoms with E-state index >= 15 is 0 Å². The van der Waals surface area contributed by atoms with Gasteiger partial charge in [-0.05, 0) is 49.4 Å². The summed E-state index contributed by atoms with van der Waals surface area (Å²) >= 11 is 0. The Hall–Kier alpha value is -5.52. The number of rotatable bonds is 11. The second kappa shape index (κ2) is 14.6. The molecule has 2 aromatic heterocycles. The molecule has 0 bridgehead atoms. The van der Waals surface area contributed by atoms with Crippen molar-refractivity contribution in [2.75, 3.05) is 29.9 Å². The Balaban J connectivity index is 1.15. The molecule has 2 aromatic carbocycles. The van der Waals surface area contributed by atoms with Gasteiger partial charge in [-0.1, -0.05) is 42.5 Å². The summed E-state index contributed by atoms with van der Waals surface area (Å²) in [4.78, 5) is 55.4. The average molecular weight is 715 g/mol. The van der Waals surface area contributed by atoms with Gasteiger partial charge < -0.3 is 51.2 Å². The predicted molar refractivity (Wildman–Crippen MR) is 188 cm³/mol. The van der Waals surface area contributed by atoms with Gasteiger partial charge in [-0.25, -0.2) is 14.6 Å². The smallest absolute Gasteiger partial charge is 0.325 e. The number of urea groups is 2. The number of nitrogens with zero attached hydrogens (tertiary/aromatic N) is 6. The molecule has 4 aromatic rings. The number of benzene rings is 2. The highest BCUT2D eigenvalue weighted by Gasteiger charge is 2.51. The quantitative estimate of drug-likeness (QED) is 0.0999. The molecule has 52 heavy (non-hydrogen) atoms. The topological polar surface area (TPSA) is 230 Å². The van der Waals surface area contributed by atoms with Crippen LogP contribution >= 0.6 is 0 Å². The first-order chi connectivity index (χ1) is 25.1. The van der Waals surface area contributed by atoms with Crippen molar-refractivity contribution >= 4 is 40.9 Å². The van der Waals surface area contributed by atoms with Gasteiger partial charge in [-0.2, -0.15) is 9.97 Å². The van der Waals surface area contributed by atoms with Crippen molar-refractivity contribution in [1.82, 2.24) is 40.4 Å². The van der Waals surface area contributed by atoms with Crippen molar-refractivity contribution in [3.63, 3.8) is 0 Å². The van der Waals surface area contributed by atoms with Crippen LogP contribution in [-0.2, 0) is 17.8 Å². The van der Waals surface area contributed by atoms with Crippen molar-refractivity contribution in [3.8, 4) is 5.75 Å². The van der Waals surface area contributed by atoms with Crippen molar-refractivity contribution in [1.29, 1.82) is 0 Å². The zero-order valence-corrected chi connectivity index (χ0v) is 28.5. The van der Waals surface area contributed by atoms with E-state index in [-0.39, 0.29) is 37.4 Å². The SMILES string of the molecule is CC1NC(=O)N([C@H]2C[C@@H](n3cnc4c(N[C@H](CO)Cc5ccccc5)nc(N5CCC(NC(=O)NCc6cccc(O)c6)C5)nc43)[C@H](O)[C@@H]2O)C1=O. The third-order valence-electron chi connectivity index (χ3n) is 9.94. The highest BCUT2D eigenvalue weighted by Crippen LogP contribution is 2.38. The third-order valence-corrected chi connectivity index (χ3v) is 9.94. The fraction of sp³-hybridized carbons (Fsp3) is 0.429. The molecule has 8 N–H and O–H groups in total. The molecule has 1 aliphatic carbocycles. The number of amides is 5. The van der Waals surface area contributed by atoms with Gasteiger partial charge in [0.2, 0.25) is 5.95 Å². The third kappa shape index (κ3) is 7.02. The second-order valence-electron chi connectivity index (χ2n) is 13.6. The number of carbonyl (C=O) groups is 3. The van der Waals surface area contributed by atoms with E-state index in [4.69, 9.17) is 9.97 Å². The minimum atomic E-state index is -1.41. The molecule has 3 fully saturated rings. The number of aromatic nitrogens is 4. The lowest BCUT2D eigenvalue weighted by Gasteiger charge is -2.24. The summed E-state index contributed by atoms with van der Waals surface area (Å²) in [5.74, 6) is 0.310. The maximum absolute atomic E-state index is 12.8. The second-order valence-corrected chi connectivity index (χ2v) is 13.6. The van der Waals surface area contributed by atoms with Gasteiger partial charge >= 0.3 is 12.1 Å². The molecule has 3 aliphatic rings. The Morgan fingerprint density at radius 1 is 1.04 bits per heavy atom. The molecule has 17 heteroatoms. The molecule has 7 atom stereocenters. The number of hydrogen-bond donors (Lipinski definition) is 8. The first-order valence-electron chi connectivity index (χ1n) is 17.3. The van der Waals surface area contributed by atoms with E-state index in [1.165, 1.54) is 6.33 Å². The Kier molecular flexibility index (Phi) is 9.81. The number of aliphatic hydroxyl groups is 3. The largest absolute Gasteiger partial charge is 0.508 e. The summed E-state index contributed by atoms with van der Waals surface area (Å²) in [5, 5.41) is 54.1. The molecule has 4 heterocycles. The molecular weight excluding hydrogens is 672 g/mol. The molecule has 0 spiro atoms. The molecule has 2 unspecified atom stereocenters. The van der Waals surface area contributed by atoms with Gasteiger partial charge in [-0.3, -0.25) is 9.69 Å². The summed E-state index contributed by atoms with van der Waals surface area (Å²) in [6.07, 6.45) is -0.113. The van der Waals surface area contributed by atoms with E-state index in [1.54, 1.807) is 35.8 Å². The molecule has 5 amide bonds. The van der Waals surface area contributed by atoms with E-state index < -0.39 is 48.3 Å². The first-order valence-corrected chi connectivity index (χ1v) is 17.3. The summed E-state index contributed by atoms with van der Waals surface area (Å²) < 4.78 is 1.63. The van der Waals surface area contributed by atoms with Crippen LogP contribution < -0.4 is 26.2 Å². The van der Waals surface area contributed by atoms with E-state index in [2.05, 4.69) is 26.3 Å². The number of phenols is 1. The number of anilines is 2. The lowest BCUT2D eigenvalue weighted by molar-refractivity contribution is -0.130. The normalized spacial score (nSPS) is 25.1. The Morgan fingerprint density at radius 2 is 1.81 bits per heavy atom. The van der Waals surface area contributed by atoms with Crippen LogP contribution in [0, 0.1) is 0 Å². The molecule has 7 rings (SSSR count). The lowest BCUT2D eigenvalue weighted by atomic mass is 10.1. The molecule has 2 aliphatic heterocycles. The van der Waals surface area contributed by atoms with Crippen molar-refractivity contribution < 1.29 is 34.8 Å². The number of imide groups is 1. The van der Waals surface area contributed by atoms with E-state index in [1.807, 2.05) is 35.2 Å². The maximum atomic E-state index is 12.8. The van der Waals surface area contributed by atoms with Crippen molar-refractivity contribution in [3.05, 3.63) is 72.1 Å². The van der Waals surface area contributed by atoms with Crippen molar-refractivity contribution in [2.45, 2.75) is 75.1 Å². The highest BCUT2D eigenvalue weighted by molar-refractivity contribution is 6.04. The van der Waals surface area contributed by atoms with Crippen LogP contribution in [0.2, 0.25) is 0 Å². The number of phenolic OH excluding ortho intramolecular Hbond substituents is 1. The monoisotopic (exact) mass is 714 g/mol. The molecular formula is C35H42N10O7. The number of carbonyl (C=O) groups excluding carboxylic acids is 3. The summed E-state index contributed by atoms with van der Waals surface area (Å²) in [6.45, 7) is 2.50. The lowest BCUT2D eigenvalue weighted by Crippen LogP contribution is -2.47. The van der Waals surface area contributed by atoms with E-state index in [0.717, 1.165) is 16.0 Å². The summed E-state index contributed by atoms with van der Waals surface area (Å²) in [7, 11) is 0. The first kappa shape index (κ1) is 34.9. The Morgan fingerprint density at radius 3 is 2.54 bits per heavy atom. The van der Waals surface area contributed by atoms with Gasteiger partial charge in [0, 0.05) is 25.7 Å². The van der Waals surface area contributed by atoms with Gasteiger partial charge in [0.15, 0.2) is 17.0 Å². The molecule has 17 nitrogen and oxygen atoms in total. The van der Waals surface area contributed by atoms with Gasteiger partial charge in [0.25, 0.3) is 5.91 Å². The van der Waals surface area contributed by atoms with Crippen LogP contribution in [0.3, 0.4) is 0 Å². The number of imidazole rings is 1. The molecule has 2 saturated heterocycles. The number of fused-ring (bicyclic) bond motifs is 1. The van der Waals surface area contributed by atoms with Crippen LogP contribution in [0.25, 0.3) is 11.2 Å². The standard InChI is InChI=1S/C35H42N10O7/c1-19-32(50)45(35(52)38-19)26-14-25(28(48)29(26)49)44-18-37-27-30(39-23(17-46)12-20-6-3-2-4-7-20)41-33(42-31(27)44)43-11-10-22(16-43)40-34(51)36-15-21-8-5-9-24(47)13-21/h2-9,13,18-19,22-23,25-26,28-29,46-49H,10-12,14-17H2,1H3,(H,38,52)(H2,36,40,51)(H,39,41,42)/t19?,22?,23-,25+,26-,28-,29+/m0/s1. The molecule has 1 saturated carbocycles. The maximum Gasteiger partial charge on any atom is 0.325 e. The predicted octanol–water partition coefficient (Wildman–Crippen LogP) is 0.601. The van der Waals surface area contributed by atoms with Crippen LogP contribution in [0.4, 0.5) is 21.4 Å². The van der Waals surface area contributed by atoms with Crippen LogP contribution in [0.1, 0.15) is 36.9 Å². The number of aromatic hydroxyl groups is 1. The average Bonchev–Trinajstić information content (AvgIpc) is 3.90. The van der Waals surface area contributed by atoms with Gasteiger partial charge in [-0.15, -0.1) is 0 Å².